The monoisotopic (exact) mass is 437 g/mol. The lowest BCUT2D eigenvalue weighted by molar-refractivity contribution is -0.114. The average Bonchev–Trinajstić information content (AvgIpc) is 2.74. The van der Waals surface area contributed by atoms with Crippen molar-refractivity contribution in [1.29, 1.82) is 0 Å². The van der Waals surface area contributed by atoms with E-state index < -0.39 is 15.9 Å². The summed E-state index contributed by atoms with van der Waals surface area (Å²) >= 11 is 0. The maximum atomic E-state index is 12.7. The number of anilines is 2. The summed E-state index contributed by atoms with van der Waals surface area (Å²) in [5.74, 6) is -0.550. The summed E-state index contributed by atoms with van der Waals surface area (Å²) in [5, 5.41) is 5.44. The standard InChI is InChI=1S/C23H23N3O4S/c1-16-6-10-21(11-7-16)26-31(29,30)22-5-3-4-19(14-22)23(28)24-15-18-8-12-20(13-9-18)25-17(2)27/h3-14,26H,15H2,1-2H3,(H,24,28)(H,25,27). The van der Waals surface area contributed by atoms with Crippen molar-refractivity contribution >= 4 is 33.2 Å². The molecule has 0 saturated carbocycles. The highest BCUT2D eigenvalue weighted by Gasteiger charge is 2.16. The number of nitrogens with one attached hydrogen (secondary N) is 3. The van der Waals surface area contributed by atoms with Crippen LogP contribution in [0, 0.1) is 6.92 Å². The third kappa shape index (κ3) is 6.16. The summed E-state index contributed by atoms with van der Waals surface area (Å²) < 4.78 is 27.9. The molecule has 0 bridgehead atoms. The van der Waals surface area contributed by atoms with Crippen LogP contribution in [0.4, 0.5) is 11.4 Å². The normalized spacial score (nSPS) is 10.9. The molecule has 3 rings (SSSR count). The summed E-state index contributed by atoms with van der Waals surface area (Å²) in [6, 6.07) is 19.9. The molecular weight excluding hydrogens is 414 g/mol. The van der Waals surface area contributed by atoms with E-state index in [0.29, 0.717) is 11.4 Å². The van der Waals surface area contributed by atoms with Crippen molar-refractivity contribution in [3.63, 3.8) is 0 Å². The summed E-state index contributed by atoms with van der Waals surface area (Å²) in [6.07, 6.45) is 0. The minimum Gasteiger partial charge on any atom is -0.348 e. The molecule has 0 saturated heterocycles. The highest BCUT2D eigenvalue weighted by Crippen LogP contribution is 2.18. The molecule has 8 heteroatoms. The summed E-state index contributed by atoms with van der Waals surface area (Å²) in [7, 11) is -3.83. The van der Waals surface area contributed by atoms with Crippen LogP contribution in [0.1, 0.15) is 28.4 Å². The third-order valence-corrected chi connectivity index (χ3v) is 5.82. The van der Waals surface area contributed by atoms with Gasteiger partial charge < -0.3 is 10.6 Å². The van der Waals surface area contributed by atoms with Crippen LogP contribution in [0.2, 0.25) is 0 Å². The Bertz CT molecular complexity index is 1190. The summed E-state index contributed by atoms with van der Waals surface area (Å²) in [6.45, 7) is 3.61. The van der Waals surface area contributed by atoms with E-state index in [1.807, 2.05) is 19.1 Å². The minimum absolute atomic E-state index is 0.000357. The van der Waals surface area contributed by atoms with Crippen molar-refractivity contribution in [2.45, 2.75) is 25.3 Å². The van der Waals surface area contributed by atoms with Crippen LogP contribution < -0.4 is 15.4 Å². The van der Waals surface area contributed by atoms with Crippen LogP contribution in [-0.4, -0.2) is 20.2 Å². The van der Waals surface area contributed by atoms with E-state index in [1.165, 1.54) is 25.1 Å². The van der Waals surface area contributed by atoms with Crippen LogP contribution in [0.15, 0.2) is 77.7 Å². The van der Waals surface area contributed by atoms with Crippen molar-refractivity contribution < 1.29 is 18.0 Å². The van der Waals surface area contributed by atoms with Gasteiger partial charge in [-0.15, -0.1) is 0 Å². The van der Waals surface area contributed by atoms with E-state index in [-0.39, 0.29) is 22.9 Å². The number of rotatable bonds is 7. The maximum absolute atomic E-state index is 12.7. The Morgan fingerprint density at radius 3 is 2.16 bits per heavy atom. The maximum Gasteiger partial charge on any atom is 0.261 e. The van der Waals surface area contributed by atoms with Gasteiger partial charge in [-0.1, -0.05) is 35.9 Å². The van der Waals surface area contributed by atoms with Crippen molar-refractivity contribution in [3.8, 4) is 0 Å². The second kappa shape index (κ2) is 9.44. The molecule has 0 heterocycles. The first-order chi connectivity index (χ1) is 14.7. The van der Waals surface area contributed by atoms with E-state index in [9.17, 15) is 18.0 Å². The Morgan fingerprint density at radius 1 is 0.871 bits per heavy atom. The van der Waals surface area contributed by atoms with Crippen molar-refractivity contribution in [2.75, 3.05) is 10.0 Å². The van der Waals surface area contributed by atoms with Crippen LogP contribution in [0.25, 0.3) is 0 Å². The molecule has 0 aromatic heterocycles. The number of carbonyl (C=O) groups is 2. The number of amides is 2. The quantitative estimate of drug-likeness (QED) is 0.524. The molecule has 0 aliphatic carbocycles. The Kier molecular flexibility index (Phi) is 6.71. The van der Waals surface area contributed by atoms with E-state index >= 15 is 0 Å². The fourth-order valence-electron chi connectivity index (χ4n) is 2.83. The molecule has 0 aliphatic rings. The predicted octanol–water partition coefficient (Wildman–Crippen LogP) is 3.68. The van der Waals surface area contributed by atoms with Gasteiger partial charge in [0, 0.05) is 30.4 Å². The molecule has 0 atom stereocenters. The molecule has 3 N–H and O–H groups in total. The van der Waals surface area contributed by atoms with Gasteiger partial charge >= 0.3 is 0 Å². The minimum atomic E-state index is -3.83. The average molecular weight is 438 g/mol. The van der Waals surface area contributed by atoms with Gasteiger partial charge in [-0.3, -0.25) is 14.3 Å². The zero-order valence-corrected chi connectivity index (χ0v) is 18.0. The van der Waals surface area contributed by atoms with Crippen molar-refractivity contribution in [2.24, 2.45) is 0 Å². The first kappa shape index (κ1) is 22.0. The number of sulfonamides is 1. The summed E-state index contributed by atoms with van der Waals surface area (Å²) in [5.41, 5.74) is 3.21. The number of hydrogen-bond acceptors (Lipinski definition) is 4. The van der Waals surface area contributed by atoms with Gasteiger partial charge in [-0.2, -0.15) is 0 Å². The lowest BCUT2D eigenvalue weighted by Gasteiger charge is -2.10. The molecule has 160 valence electrons. The molecule has 7 nitrogen and oxygen atoms in total. The van der Waals surface area contributed by atoms with Crippen molar-refractivity contribution in [3.05, 3.63) is 89.5 Å². The zero-order valence-electron chi connectivity index (χ0n) is 17.2. The van der Waals surface area contributed by atoms with Crippen LogP contribution in [-0.2, 0) is 21.4 Å². The molecule has 0 radical (unpaired) electrons. The molecule has 31 heavy (non-hydrogen) atoms. The van der Waals surface area contributed by atoms with Gasteiger partial charge in [0.1, 0.15) is 0 Å². The molecular formula is C23H23N3O4S. The van der Waals surface area contributed by atoms with Gasteiger partial charge in [0.2, 0.25) is 5.91 Å². The number of benzene rings is 3. The zero-order chi connectivity index (χ0) is 22.4. The topological polar surface area (TPSA) is 104 Å². The first-order valence-corrected chi connectivity index (χ1v) is 11.1. The molecule has 3 aromatic carbocycles. The molecule has 2 amide bonds. The fraction of sp³-hybridized carbons (Fsp3) is 0.130. The third-order valence-electron chi connectivity index (χ3n) is 4.44. The lowest BCUT2D eigenvalue weighted by Crippen LogP contribution is -2.23. The molecule has 0 aliphatic heterocycles. The molecule has 3 aromatic rings. The van der Waals surface area contributed by atoms with Gasteiger partial charge in [0.25, 0.3) is 15.9 Å². The Morgan fingerprint density at radius 2 is 1.52 bits per heavy atom. The molecule has 0 unspecified atom stereocenters. The fourth-order valence-corrected chi connectivity index (χ4v) is 3.94. The number of hydrogen-bond donors (Lipinski definition) is 3. The van der Waals surface area contributed by atoms with Gasteiger partial charge in [0.15, 0.2) is 0 Å². The predicted molar refractivity (Wildman–Crippen MR) is 120 cm³/mol. The van der Waals surface area contributed by atoms with Gasteiger partial charge in [-0.05, 0) is 55.0 Å². The van der Waals surface area contributed by atoms with Gasteiger partial charge in [0.05, 0.1) is 4.90 Å². The second-order valence-corrected chi connectivity index (χ2v) is 8.74. The Labute approximate surface area is 181 Å². The number of carbonyl (C=O) groups excluding carboxylic acids is 2. The largest absolute Gasteiger partial charge is 0.348 e. The molecule has 0 spiro atoms. The van der Waals surface area contributed by atoms with Crippen molar-refractivity contribution in [1.82, 2.24) is 5.32 Å². The highest BCUT2D eigenvalue weighted by molar-refractivity contribution is 7.92. The smallest absolute Gasteiger partial charge is 0.261 e. The highest BCUT2D eigenvalue weighted by atomic mass is 32.2. The lowest BCUT2D eigenvalue weighted by atomic mass is 10.2. The Balaban J connectivity index is 1.66. The van der Waals surface area contributed by atoms with E-state index in [0.717, 1.165) is 11.1 Å². The van der Waals surface area contributed by atoms with E-state index in [4.69, 9.17) is 0 Å². The SMILES string of the molecule is CC(=O)Nc1ccc(CNC(=O)c2cccc(S(=O)(=O)Nc3ccc(C)cc3)c2)cc1. The van der Waals surface area contributed by atoms with Crippen LogP contribution in [0.5, 0.6) is 0 Å². The second-order valence-electron chi connectivity index (χ2n) is 7.06. The summed E-state index contributed by atoms with van der Waals surface area (Å²) in [4.78, 5) is 23.6. The van der Waals surface area contributed by atoms with Gasteiger partial charge in [-0.25, -0.2) is 8.42 Å². The Hall–Kier alpha value is -3.65. The first-order valence-electron chi connectivity index (χ1n) is 9.57. The molecule has 0 fully saturated rings. The number of aryl methyl sites for hydroxylation is 1. The van der Waals surface area contributed by atoms with Crippen LogP contribution >= 0.6 is 0 Å². The van der Waals surface area contributed by atoms with E-state index in [2.05, 4.69) is 15.4 Å². The van der Waals surface area contributed by atoms with E-state index in [1.54, 1.807) is 42.5 Å². The van der Waals surface area contributed by atoms with Crippen LogP contribution in [0.3, 0.4) is 0 Å².